The van der Waals surface area contributed by atoms with Gasteiger partial charge in [0.1, 0.15) is 11.7 Å². The van der Waals surface area contributed by atoms with E-state index >= 15 is 0 Å². The number of primary amides is 2. The molecule has 5 heteroatoms. The van der Waals surface area contributed by atoms with E-state index in [0.29, 0.717) is 5.56 Å². The third-order valence-electron chi connectivity index (χ3n) is 1.77. The Kier molecular flexibility index (Phi) is 2.81. The smallest absolute Gasteiger partial charge is 0.234 e. The molecule has 1 aromatic carbocycles. The highest BCUT2D eigenvalue weighted by Crippen LogP contribution is 2.15. The molecule has 0 aliphatic rings. The van der Waals surface area contributed by atoms with Crippen molar-refractivity contribution in [1.29, 1.82) is 0 Å². The molecule has 1 aromatic rings. The first-order valence-corrected chi connectivity index (χ1v) is 3.86. The van der Waals surface area contributed by atoms with Crippen LogP contribution in [0.25, 0.3) is 0 Å². The van der Waals surface area contributed by atoms with Gasteiger partial charge in [-0.3, -0.25) is 9.59 Å². The van der Waals surface area contributed by atoms with Gasteiger partial charge in [0.05, 0.1) is 0 Å². The number of carbonyl (C=O) groups excluding carboxylic acids is 2. The minimum atomic E-state index is -1.20. The van der Waals surface area contributed by atoms with Gasteiger partial charge in [0, 0.05) is 0 Å². The van der Waals surface area contributed by atoms with E-state index in [4.69, 9.17) is 11.5 Å². The Labute approximate surface area is 79.7 Å². The summed E-state index contributed by atoms with van der Waals surface area (Å²) in [5.41, 5.74) is 10.2. The molecule has 74 valence electrons. The van der Waals surface area contributed by atoms with Crippen molar-refractivity contribution in [2.75, 3.05) is 0 Å². The topological polar surface area (TPSA) is 86.2 Å². The minimum Gasteiger partial charge on any atom is -0.369 e. The van der Waals surface area contributed by atoms with E-state index in [9.17, 15) is 14.0 Å². The average Bonchev–Trinajstić information content (AvgIpc) is 2.07. The van der Waals surface area contributed by atoms with E-state index in [2.05, 4.69) is 0 Å². The Bertz CT molecular complexity index is 348. The van der Waals surface area contributed by atoms with Crippen molar-refractivity contribution in [3.8, 4) is 0 Å². The molecule has 0 saturated heterocycles. The van der Waals surface area contributed by atoms with Crippen LogP contribution in [0.2, 0.25) is 0 Å². The lowest BCUT2D eigenvalue weighted by atomic mass is 9.98. The summed E-state index contributed by atoms with van der Waals surface area (Å²) in [6, 6.07) is 4.87. The molecule has 0 radical (unpaired) electrons. The van der Waals surface area contributed by atoms with Gasteiger partial charge >= 0.3 is 0 Å². The highest BCUT2D eigenvalue weighted by atomic mass is 19.1. The highest BCUT2D eigenvalue weighted by molar-refractivity contribution is 6.04. The normalized spacial score (nSPS) is 10.1. The first-order valence-electron chi connectivity index (χ1n) is 3.86. The lowest BCUT2D eigenvalue weighted by Gasteiger charge is -2.08. The molecular formula is C9H9FN2O2. The summed E-state index contributed by atoms with van der Waals surface area (Å²) >= 11 is 0. The van der Waals surface area contributed by atoms with Crippen molar-refractivity contribution in [1.82, 2.24) is 0 Å². The van der Waals surface area contributed by atoms with Gasteiger partial charge in [-0.15, -0.1) is 0 Å². The van der Waals surface area contributed by atoms with Crippen LogP contribution in [-0.4, -0.2) is 11.8 Å². The Balaban J connectivity index is 3.06. The number of nitrogens with two attached hydrogens (primary N) is 2. The van der Waals surface area contributed by atoms with Crippen LogP contribution < -0.4 is 11.5 Å². The van der Waals surface area contributed by atoms with Crippen LogP contribution in [0.15, 0.2) is 24.3 Å². The van der Waals surface area contributed by atoms with Crippen LogP contribution >= 0.6 is 0 Å². The van der Waals surface area contributed by atoms with Gasteiger partial charge in [0.25, 0.3) is 0 Å². The lowest BCUT2D eigenvalue weighted by molar-refractivity contribution is -0.128. The van der Waals surface area contributed by atoms with Crippen molar-refractivity contribution in [3.05, 3.63) is 35.6 Å². The van der Waals surface area contributed by atoms with Crippen molar-refractivity contribution >= 4 is 11.8 Å². The maximum absolute atomic E-state index is 12.5. The summed E-state index contributed by atoms with van der Waals surface area (Å²) < 4.78 is 12.5. The molecule has 4 N–H and O–H groups in total. The largest absolute Gasteiger partial charge is 0.369 e. The minimum absolute atomic E-state index is 0.298. The second-order valence-corrected chi connectivity index (χ2v) is 2.79. The van der Waals surface area contributed by atoms with Gasteiger partial charge in [0.2, 0.25) is 11.8 Å². The first-order chi connectivity index (χ1) is 6.52. The Morgan fingerprint density at radius 2 is 1.50 bits per heavy atom. The van der Waals surface area contributed by atoms with E-state index in [1.807, 2.05) is 0 Å². The average molecular weight is 196 g/mol. The van der Waals surface area contributed by atoms with Crippen molar-refractivity contribution in [2.45, 2.75) is 5.92 Å². The van der Waals surface area contributed by atoms with E-state index in [1.165, 1.54) is 12.1 Å². The summed E-state index contributed by atoms with van der Waals surface area (Å²) in [6.07, 6.45) is 0. The number of amides is 2. The zero-order chi connectivity index (χ0) is 10.7. The summed E-state index contributed by atoms with van der Waals surface area (Å²) in [7, 11) is 0. The fraction of sp³-hybridized carbons (Fsp3) is 0.111. The molecule has 0 aliphatic heterocycles. The molecule has 0 unspecified atom stereocenters. The fourth-order valence-corrected chi connectivity index (χ4v) is 1.12. The predicted molar refractivity (Wildman–Crippen MR) is 47.5 cm³/mol. The predicted octanol–water partition coefficient (Wildman–Crippen LogP) is -0.120. The number of hydrogen-bond acceptors (Lipinski definition) is 2. The number of hydrogen-bond donors (Lipinski definition) is 2. The maximum Gasteiger partial charge on any atom is 0.234 e. The maximum atomic E-state index is 12.5. The molecule has 0 saturated carbocycles. The number of benzene rings is 1. The summed E-state index contributed by atoms with van der Waals surface area (Å²) in [5, 5.41) is 0. The van der Waals surface area contributed by atoms with Crippen LogP contribution in [0.4, 0.5) is 4.39 Å². The van der Waals surface area contributed by atoms with Crippen molar-refractivity contribution in [3.63, 3.8) is 0 Å². The lowest BCUT2D eigenvalue weighted by Crippen LogP contribution is -2.32. The van der Waals surface area contributed by atoms with E-state index in [-0.39, 0.29) is 0 Å². The monoisotopic (exact) mass is 196 g/mol. The van der Waals surface area contributed by atoms with Crippen LogP contribution in [0.1, 0.15) is 11.5 Å². The Hall–Kier alpha value is -1.91. The second-order valence-electron chi connectivity index (χ2n) is 2.79. The first kappa shape index (κ1) is 10.2. The van der Waals surface area contributed by atoms with Crippen molar-refractivity contribution in [2.24, 2.45) is 11.5 Å². The molecule has 0 spiro atoms. The Morgan fingerprint density at radius 1 is 1.07 bits per heavy atom. The van der Waals surface area contributed by atoms with Gasteiger partial charge in [0.15, 0.2) is 0 Å². The van der Waals surface area contributed by atoms with Gasteiger partial charge in [-0.2, -0.15) is 0 Å². The van der Waals surface area contributed by atoms with E-state index < -0.39 is 23.5 Å². The van der Waals surface area contributed by atoms with E-state index in [0.717, 1.165) is 12.1 Å². The number of carbonyl (C=O) groups is 2. The molecular weight excluding hydrogens is 187 g/mol. The van der Waals surface area contributed by atoms with Gasteiger partial charge in [-0.1, -0.05) is 12.1 Å². The zero-order valence-corrected chi connectivity index (χ0v) is 7.24. The quantitative estimate of drug-likeness (QED) is 0.660. The Morgan fingerprint density at radius 3 is 1.86 bits per heavy atom. The standard InChI is InChI=1S/C9H9FN2O2/c10-6-3-1-5(2-4-6)7(8(11)13)9(12)14/h1-4,7H,(H2,11,13)(H2,12,14). The summed E-state index contributed by atoms with van der Waals surface area (Å²) in [6.45, 7) is 0. The van der Waals surface area contributed by atoms with Crippen molar-refractivity contribution < 1.29 is 14.0 Å². The molecule has 0 aromatic heterocycles. The molecule has 0 aliphatic carbocycles. The summed E-state index contributed by atoms with van der Waals surface area (Å²) in [5.74, 6) is -3.34. The zero-order valence-electron chi connectivity index (χ0n) is 7.24. The number of rotatable bonds is 3. The molecule has 0 bridgehead atoms. The van der Waals surface area contributed by atoms with Crippen LogP contribution in [0, 0.1) is 5.82 Å². The molecule has 1 rings (SSSR count). The van der Waals surface area contributed by atoms with Crippen LogP contribution in [0.3, 0.4) is 0 Å². The summed E-state index contributed by atoms with van der Waals surface area (Å²) in [4.78, 5) is 21.7. The molecule has 14 heavy (non-hydrogen) atoms. The fourth-order valence-electron chi connectivity index (χ4n) is 1.12. The molecule has 0 atom stereocenters. The second kappa shape index (κ2) is 3.87. The molecule has 0 fully saturated rings. The molecule has 0 heterocycles. The van der Waals surface area contributed by atoms with E-state index in [1.54, 1.807) is 0 Å². The van der Waals surface area contributed by atoms with Gasteiger partial charge in [-0.05, 0) is 17.7 Å². The van der Waals surface area contributed by atoms with Crippen LogP contribution in [-0.2, 0) is 9.59 Å². The SMILES string of the molecule is NC(=O)C(C(N)=O)c1ccc(F)cc1. The third-order valence-corrected chi connectivity index (χ3v) is 1.77. The third kappa shape index (κ3) is 2.07. The number of halogens is 1. The highest BCUT2D eigenvalue weighted by Gasteiger charge is 2.23. The van der Waals surface area contributed by atoms with Crippen LogP contribution in [0.5, 0.6) is 0 Å². The van der Waals surface area contributed by atoms with Gasteiger partial charge in [-0.25, -0.2) is 4.39 Å². The molecule has 2 amide bonds. The molecule has 4 nitrogen and oxygen atoms in total. The van der Waals surface area contributed by atoms with Gasteiger partial charge < -0.3 is 11.5 Å².